The number of aliphatic hydroxyl groups excluding tert-OH is 1. The summed E-state index contributed by atoms with van der Waals surface area (Å²) >= 11 is 1.47. The van der Waals surface area contributed by atoms with E-state index in [1.807, 2.05) is 24.4 Å². The number of anilines is 1. The van der Waals surface area contributed by atoms with E-state index in [4.69, 9.17) is 15.0 Å². The van der Waals surface area contributed by atoms with Crippen LogP contribution in [0.5, 0.6) is 0 Å². The predicted molar refractivity (Wildman–Crippen MR) is 104 cm³/mol. The highest BCUT2D eigenvalue weighted by molar-refractivity contribution is 7.22. The molecule has 2 heterocycles. The summed E-state index contributed by atoms with van der Waals surface area (Å²) in [4.78, 5) is 29.1. The Morgan fingerprint density at radius 1 is 1.41 bits per heavy atom. The van der Waals surface area contributed by atoms with Gasteiger partial charge in [0, 0.05) is 30.5 Å². The third-order valence-electron chi connectivity index (χ3n) is 4.46. The molecule has 27 heavy (non-hydrogen) atoms. The Kier molecular flexibility index (Phi) is 5.78. The molecule has 2 atom stereocenters. The number of carbonyl (C=O) groups is 2. The first kappa shape index (κ1) is 18.9. The van der Waals surface area contributed by atoms with Gasteiger partial charge in [0.25, 0.3) is 6.47 Å². The number of pyridine rings is 1. The monoisotopic (exact) mass is 385 g/mol. The van der Waals surface area contributed by atoms with Crippen LogP contribution >= 0.6 is 11.3 Å². The summed E-state index contributed by atoms with van der Waals surface area (Å²) in [5.74, 6) is -0.00779. The topological polar surface area (TPSA) is 112 Å². The van der Waals surface area contributed by atoms with E-state index in [9.17, 15) is 4.79 Å². The highest BCUT2D eigenvalue weighted by Crippen LogP contribution is 2.39. The lowest BCUT2D eigenvalue weighted by molar-refractivity contribution is -0.123. The molecule has 2 aromatic heterocycles. The number of aryl methyl sites for hydroxylation is 1. The lowest BCUT2D eigenvalue weighted by Crippen LogP contribution is -2.15. The van der Waals surface area contributed by atoms with E-state index in [-0.39, 0.29) is 30.8 Å². The van der Waals surface area contributed by atoms with E-state index < -0.39 is 0 Å². The molecule has 140 valence electrons. The molecule has 0 aliphatic heterocycles. The maximum Gasteiger partial charge on any atom is 0.290 e. The Labute approximate surface area is 159 Å². The van der Waals surface area contributed by atoms with Gasteiger partial charge in [0.2, 0.25) is 5.91 Å². The molecule has 0 saturated heterocycles. The standard InChI is InChI=1S/C18H17N3O2S.CH2O2/c1-10-4-5-19-8-14(10)11-2-3-15-16(7-11)24-18(20-15)21-17(23)13-6-12(13)9-22;2-1-3/h2-5,7-8,12-13,22H,6,9H2,1H3,(H,20,21,23);1H,(H,2,3)/t12-,13-;/m1./s1. The van der Waals surface area contributed by atoms with Gasteiger partial charge in [-0.1, -0.05) is 17.4 Å². The van der Waals surface area contributed by atoms with E-state index in [0.29, 0.717) is 5.13 Å². The van der Waals surface area contributed by atoms with Crippen molar-refractivity contribution in [3.05, 3.63) is 42.2 Å². The van der Waals surface area contributed by atoms with Gasteiger partial charge < -0.3 is 15.5 Å². The molecule has 3 N–H and O–H groups in total. The number of fused-ring (bicyclic) bond motifs is 1. The van der Waals surface area contributed by atoms with Gasteiger partial charge in [0.05, 0.1) is 10.2 Å². The van der Waals surface area contributed by atoms with Gasteiger partial charge in [-0.3, -0.25) is 14.6 Å². The fraction of sp³-hybridized carbons (Fsp3) is 0.263. The Balaban J connectivity index is 0.000000659. The Bertz CT molecular complexity index is 972. The zero-order valence-corrected chi connectivity index (χ0v) is 15.4. The summed E-state index contributed by atoms with van der Waals surface area (Å²) in [6.45, 7) is 1.89. The quantitative estimate of drug-likeness (QED) is 0.595. The average Bonchev–Trinajstić information content (AvgIpc) is 3.35. The number of hydrogen-bond donors (Lipinski definition) is 3. The van der Waals surface area contributed by atoms with E-state index in [1.54, 1.807) is 6.20 Å². The number of thiazole rings is 1. The van der Waals surface area contributed by atoms with Gasteiger partial charge in [-0.25, -0.2) is 4.98 Å². The SMILES string of the molecule is Cc1ccncc1-c1ccc2nc(NC(=O)[C@@H]3C[C@@H]3CO)sc2c1.O=CO. The second-order valence-corrected chi connectivity index (χ2v) is 7.30. The number of benzene rings is 1. The summed E-state index contributed by atoms with van der Waals surface area (Å²) in [6, 6.07) is 8.07. The molecule has 0 radical (unpaired) electrons. The van der Waals surface area contributed by atoms with Gasteiger partial charge in [-0.15, -0.1) is 0 Å². The molecule has 1 aliphatic rings. The summed E-state index contributed by atoms with van der Waals surface area (Å²) in [6.07, 6.45) is 4.41. The smallest absolute Gasteiger partial charge is 0.290 e. The zero-order chi connectivity index (χ0) is 19.4. The van der Waals surface area contributed by atoms with Crippen LogP contribution in [0.3, 0.4) is 0 Å². The molecule has 1 saturated carbocycles. The van der Waals surface area contributed by atoms with Crippen LogP contribution in [-0.2, 0) is 9.59 Å². The van der Waals surface area contributed by atoms with Crippen LogP contribution in [0.2, 0.25) is 0 Å². The normalized spacial score (nSPS) is 17.7. The zero-order valence-electron chi connectivity index (χ0n) is 14.6. The Morgan fingerprint density at radius 3 is 2.85 bits per heavy atom. The molecule has 3 aromatic rings. The van der Waals surface area contributed by atoms with E-state index >= 15 is 0 Å². The van der Waals surface area contributed by atoms with Crippen molar-refractivity contribution < 1.29 is 19.8 Å². The van der Waals surface area contributed by atoms with E-state index in [0.717, 1.165) is 27.8 Å². The van der Waals surface area contributed by atoms with Crippen LogP contribution < -0.4 is 5.32 Å². The first-order chi connectivity index (χ1) is 13.1. The summed E-state index contributed by atoms with van der Waals surface area (Å²) in [7, 11) is 0. The molecule has 1 aromatic carbocycles. The van der Waals surface area contributed by atoms with Crippen LogP contribution in [0.25, 0.3) is 21.3 Å². The fourth-order valence-electron chi connectivity index (χ4n) is 2.88. The van der Waals surface area contributed by atoms with Crippen LogP contribution in [0.15, 0.2) is 36.7 Å². The average molecular weight is 385 g/mol. The minimum absolute atomic E-state index is 0.0450. The first-order valence-corrected chi connectivity index (χ1v) is 9.20. The molecule has 0 bridgehead atoms. The maximum absolute atomic E-state index is 12.1. The third kappa shape index (κ3) is 4.29. The molecule has 1 fully saturated rings. The Hall–Kier alpha value is -2.84. The van der Waals surface area contributed by atoms with E-state index in [1.165, 1.54) is 16.9 Å². The van der Waals surface area contributed by atoms with Crippen LogP contribution in [-0.4, -0.2) is 39.2 Å². The fourth-order valence-corrected chi connectivity index (χ4v) is 3.79. The van der Waals surface area contributed by atoms with Crippen molar-refractivity contribution in [1.82, 2.24) is 9.97 Å². The van der Waals surface area contributed by atoms with Crippen molar-refractivity contribution in [1.29, 1.82) is 0 Å². The summed E-state index contributed by atoms with van der Waals surface area (Å²) in [5, 5.41) is 19.4. The second-order valence-electron chi connectivity index (χ2n) is 6.27. The van der Waals surface area contributed by atoms with Gasteiger partial charge in [-0.2, -0.15) is 0 Å². The van der Waals surface area contributed by atoms with Crippen molar-refractivity contribution in [2.75, 3.05) is 11.9 Å². The van der Waals surface area contributed by atoms with E-state index in [2.05, 4.69) is 28.3 Å². The van der Waals surface area contributed by atoms with Gasteiger partial charge in [0.1, 0.15) is 0 Å². The van der Waals surface area contributed by atoms with Crippen LogP contribution in [0.1, 0.15) is 12.0 Å². The largest absolute Gasteiger partial charge is 0.483 e. The van der Waals surface area contributed by atoms with Crippen molar-refractivity contribution >= 4 is 39.1 Å². The van der Waals surface area contributed by atoms with Crippen LogP contribution in [0.4, 0.5) is 5.13 Å². The van der Waals surface area contributed by atoms with Crippen molar-refractivity contribution in [2.24, 2.45) is 11.8 Å². The molecular formula is C19H19N3O4S. The number of aromatic nitrogens is 2. The summed E-state index contributed by atoms with van der Waals surface area (Å²) < 4.78 is 1.03. The second kappa shape index (κ2) is 8.24. The lowest BCUT2D eigenvalue weighted by atomic mass is 10.0. The molecule has 4 rings (SSSR count). The highest BCUT2D eigenvalue weighted by atomic mass is 32.1. The maximum atomic E-state index is 12.1. The first-order valence-electron chi connectivity index (χ1n) is 8.38. The van der Waals surface area contributed by atoms with Crippen molar-refractivity contribution in [2.45, 2.75) is 13.3 Å². The number of amides is 1. The molecule has 7 nitrogen and oxygen atoms in total. The van der Waals surface area contributed by atoms with Gasteiger partial charge in [0.15, 0.2) is 5.13 Å². The lowest BCUT2D eigenvalue weighted by Gasteiger charge is -2.04. The minimum Gasteiger partial charge on any atom is -0.483 e. The number of nitrogens with zero attached hydrogens (tertiary/aromatic N) is 2. The molecule has 1 amide bonds. The number of carbonyl (C=O) groups excluding carboxylic acids is 1. The molecule has 0 unspecified atom stereocenters. The number of rotatable bonds is 4. The molecule has 1 aliphatic carbocycles. The number of nitrogens with one attached hydrogen (secondary N) is 1. The number of hydrogen-bond acceptors (Lipinski definition) is 6. The number of carboxylic acid groups (broad SMARTS) is 1. The number of aliphatic hydroxyl groups is 1. The molecule has 0 spiro atoms. The Morgan fingerprint density at radius 2 is 2.19 bits per heavy atom. The van der Waals surface area contributed by atoms with Crippen LogP contribution in [0, 0.1) is 18.8 Å². The van der Waals surface area contributed by atoms with Gasteiger partial charge >= 0.3 is 0 Å². The third-order valence-corrected chi connectivity index (χ3v) is 5.40. The molecule has 8 heteroatoms. The summed E-state index contributed by atoms with van der Waals surface area (Å²) in [5.41, 5.74) is 4.24. The van der Waals surface area contributed by atoms with Gasteiger partial charge in [-0.05, 0) is 48.6 Å². The minimum atomic E-state index is -0.250. The predicted octanol–water partition coefficient (Wildman–Crippen LogP) is 2.93. The van der Waals surface area contributed by atoms with Crippen molar-refractivity contribution in [3.63, 3.8) is 0 Å². The van der Waals surface area contributed by atoms with Crippen molar-refractivity contribution in [3.8, 4) is 11.1 Å². The highest BCUT2D eigenvalue weighted by Gasteiger charge is 2.42. The molecular weight excluding hydrogens is 366 g/mol.